The van der Waals surface area contributed by atoms with E-state index >= 15 is 0 Å². The molecule has 104 valence electrons. The van der Waals surface area contributed by atoms with Crippen molar-refractivity contribution in [2.24, 2.45) is 0 Å². The Hall–Kier alpha value is -2.08. The number of nitrogens with zero attached hydrogens (tertiary/aromatic N) is 1. The van der Waals surface area contributed by atoms with Gasteiger partial charge in [0.25, 0.3) is 0 Å². The van der Waals surface area contributed by atoms with Crippen LogP contribution in [0.15, 0.2) is 41.1 Å². The Morgan fingerprint density at radius 3 is 2.80 bits per heavy atom. The predicted octanol–water partition coefficient (Wildman–Crippen LogP) is 2.79. The Bertz CT molecular complexity index is 632. The van der Waals surface area contributed by atoms with E-state index < -0.39 is 5.97 Å². The summed E-state index contributed by atoms with van der Waals surface area (Å²) >= 11 is 3.31. The average molecular weight is 337 g/mol. The first-order valence-electron chi connectivity index (χ1n) is 5.79. The number of esters is 1. The molecule has 0 aliphatic rings. The molecule has 0 spiro atoms. The highest BCUT2D eigenvalue weighted by molar-refractivity contribution is 9.10. The van der Waals surface area contributed by atoms with E-state index in [0.717, 1.165) is 10.0 Å². The van der Waals surface area contributed by atoms with Crippen molar-refractivity contribution < 1.29 is 14.3 Å². The average Bonchev–Trinajstić information content (AvgIpc) is 2.44. The Morgan fingerprint density at radius 2 is 2.10 bits per heavy atom. The van der Waals surface area contributed by atoms with E-state index in [9.17, 15) is 4.79 Å². The molecule has 0 bridgehead atoms. The maximum atomic E-state index is 12.0. The molecule has 2 N–H and O–H groups in total. The second kappa shape index (κ2) is 6.38. The molecular formula is C14H13BrN2O3. The van der Waals surface area contributed by atoms with Crippen molar-refractivity contribution in [3.05, 3.63) is 52.3 Å². The molecule has 0 aliphatic carbocycles. The molecule has 6 heteroatoms. The van der Waals surface area contributed by atoms with Crippen LogP contribution in [0.25, 0.3) is 0 Å². The molecular weight excluding hydrogens is 324 g/mol. The summed E-state index contributed by atoms with van der Waals surface area (Å²) in [6, 6.07) is 6.59. The highest BCUT2D eigenvalue weighted by Gasteiger charge is 2.10. The number of halogens is 1. The van der Waals surface area contributed by atoms with E-state index in [4.69, 9.17) is 15.2 Å². The van der Waals surface area contributed by atoms with E-state index in [-0.39, 0.29) is 6.61 Å². The summed E-state index contributed by atoms with van der Waals surface area (Å²) < 4.78 is 11.1. The van der Waals surface area contributed by atoms with Crippen LogP contribution < -0.4 is 10.5 Å². The largest absolute Gasteiger partial charge is 0.497 e. The van der Waals surface area contributed by atoms with E-state index in [1.807, 2.05) is 6.07 Å². The highest BCUT2D eigenvalue weighted by Crippen LogP contribution is 2.19. The molecule has 0 aliphatic heterocycles. The van der Waals surface area contributed by atoms with Crippen LogP contribution in [0.4, 0.5) is 5.69 Å². The predicted molar refractivity (Wildman–Crippen MR) is 78.5 cm³/mol. The second-order valence-corrected chi connectivity index (χ2v) is 5.00. The molecule has 1 aromatic carbocycles. The zero-order chi connectivity index (χ0) is 14.5. The number of carbonyl (C=O) groups is 1. The second-order valence-electron chi connectivity index (χ2n) is 4.08. The molecule has 20 heavy (non-hydrogen) atoms. The van der Waals surface area contributed by atoms with Crippen LogP contribution in [-0.2, 0) is 11.3 Å². The summed E-state index contributed by atoms with van der Waals surface area (Å²) in [5, 5.41) is 0. The van der Waals surface area contributed by atoms with Crippen molar-refractivity contribution in [2.75, 3.05) is 12.8 Å². The molecule has 5 nitrogen and oxygen atoms in total. The lowest BCUT2D eigenvalue weighted by atomic mass is 10.2. The van der Waals surface area contributed by atoms with Gasteiger partial charge in [-0.3, -0.25) is 4.98 Å². The van der Waals surface area contributed by atoms with Gasteiger partial charge in [-0.2, -0.15) is 0 Å². The summed E-state index contributed by atoms with van der Waals surface area (Å²) in [5.41, 5.74) is 7.29. The van der Waals surface area contributed by atoms with Gasteiger partial charge in [-0.05, 0) is 34.1 Å². The number of nitrogens with two attached hydrogens (primary N) is 1. The van der Waals surface area contributed by atoms with Gasteiger partial charge in [-0.15, -0.1) is 0 Å². The van der Waals surface area contributed by atoms with Crippen LogP contribution in [0.5, 0.6) is 5.75 Å². The Kier molecular flexibility index (Phi) is 4.57. The Balaban J connectivity index is 2.07. The van der Waals surface area contributed by atoms with Gasteiger partial charge in [0.1, 0.15) is 12.4 Å². The number of methoxy groups -OCH3 is 1. The summed E-state index contributed by atoms with van der Waals surface area (Å²) in [5.74, 6) is 0.0525. The fourth-order valence-corrected chi connectivity index (χ4v) is 2.04. The van der Waals surface area contributed by atoms with Crippen molar-refractivity contribution in [3.8, 4) is 5.75 Å². The van der Waals surface area contributed by atoms with Crippen LogP contribution in [-0.4, -0.2) is 18.1 Å². The molecule has 0 atom stereocenters. The number of anilines is 1. The zero-order valence-electron chi connectivity index (χ0n) is 10.8. The maximum absolute atomic E-state index is 12.0. The molecule has 0 saturated heterocycles. The van der Waals surface area contributed by atoms with Gasteiger partial charge in [0.15, 0.2) is 0 Å². The minimum Gasteiger partial charge on any atom is -0.497 e. The molecule has 1 aromatic heterocycles. The van der Waals surface area contributed by atoms with E-state index in [1.165, 1.54) is 7.11 Å². The molecule has 1 heterocycles. The van der Waals surface area contributed by atoms with Gasteiger partial charge in [-0.1, -0.05) is 0 Å². The van der Waals surface area contributed by atoms with Gasteiger partial charge in [0.05, 0.1) is 12.7 Å². The number of benzene rings is 1. The normalized spacial score (nSPS) is 10.1. The number of hydrogen-bond acceptors (Lipinski definition) is 5. The lowest BCUT2D eigenvalue weighted by Crippen LogP contribution is -2.06. The maximum Gasteiger partial charge on any atom is 0.338 e. The van der Waals surface area contributed by atoms with Gasteiger partial charge in [0.2, 0.25) is 0 Å². The molecule has 2 rings (SSSR count). The fourth-order valence-electron chi connectivity index (χ4n) is 1.62. The first-order chi connectivity index (χ1) is 9.58. The number of aromatic nitrogens is 1. The van der Waals surface area contributed by atoms with Crippen LogP contribution in [0.3, 0.4) is 0 Å². The summed E-state index contributed by atoms with van der Waals surface area (Å²) in [7, 11) is 1.51. The lowest BCUT2D eigenvalue weighted by Gasteiger charge is -2.07. The van der Waals surface area contributed by atoms with Crippen LogP contribution in [0.1, 0.15) is 15.9 Å². The fraction of sp³-hybridized carbons (Fsp3) is 0.143. The number of hydrogen-bond donors (Lipinski definition) is 1. The van der Waals surface area contributed by atoms with Gasteiger partial charge in [0, 0.05) is 34.2 Å². The van der Waals surface area contributed by atoms with Gasteiger partial charge in [-0.25, -0.2) is 4.79 Å². The van der Waals surface area contributed by atoms with Crippen molar-refractivity contribution in [2.45, 2.75) is 6.61 Å². The van der Waals surface area contributed by atoms with Gasteiger partial charge < -0.3 is 15.2 Å². The van der Waals surface area contributed by atoms with E-state index in [0.29, 0.717) is 17.0 Å². The Labute approximate surface area is 124 Å². The molecule has 2 aromatic rings. The summed E-state index contributed by atoms with van der Waals surface area (Å²) in [6.45, 7) is 0.141. The third-order valence-corrected chi connectivity index (χ3v) is 2.97. The first kappa shape index (κ1) is 14.3. The monoisotopic (exact) mass is 336 g/mol. The van der Waals surface area contributed by atoms with E-state index in [2.05, 4.69) is 20.9 Å². The minimum atomic E-state index is -0.462. The standard InChI is InChI=1S/C14H13BrN2O3/c1-19-13-4-10(3-12(16)5-13)14(18)20-8-9-2-11(15)7-17-6-9/h2-7H,8,16H2,1H3. The molecule has 0 fully saturated rings. The number of ether oxygens (including phenoxy) is 2. The molecule has 0 amide bonds. The lowest BCUT2D eigenvalue weighted by molar-refractivity contribution is 0.0472. The highest BCUT2D eigenvalue weighted by atomic mass is 79.9. The first-order valence-corrected chi connectivity index (χ1v) is 6.59. The van der Waals surface area contributed by atoms with E-state index in [1.54, 1.807) is 30.6 Å². The molecule has 0 saturated carbocycles. The van der Waals surface area contributed by atoms with Crippen molar-refractivity contribution in [1.82, 2.24) is 4.98 Å². The zero-order valence-corrected chi connectivity index (χ0v) is 12.4. The molecule has 0 unspecified atom stereocenters. The topological polar surface area (TPSA) is 74.4 Å². The van der Waals surface area contributed by atoms with Crippen molar-refractivity contribution in [1.29, 1.82) is 0 Å². The SMILES string of the molecule is COc1cc(N)cc(C(=O)OCc2cncc(Br)c2)c1. The summed E-state index contributed by atoms with van der Waals surface area (Å²) in [4.78, 5) is 16.0. The smallest absolute Gasteiger partial charge is 0.338 e. The third kappa shape index (κ3) is 3.71. The number of carbonyl (C=O) groups excluding carboxylic acids is 1. The van der Waals surface area contributed by atoms with Crippen molar-refractivity contribution >= 4 is 27.6 Å². The van der Waals surface area contributed by atoms with Crippen LogP contribution >= 0.6 is 15.9 Å². The minimum absolute atomic E-state index is 0.141. The number of nitrogen functional groups attached to an aromatic ring is 1. The van der Waals surface area contributed by atoms with Gasteiger partial charge >= 0.3 is 5.97 Å². The summed E-state index contributed by atoms with van der Waals surface area (Å²) in [6.07, 6.45) is 3.30. The van der Waals surface area contributed by atoms with Crippen LogP contribution in [0.2, 0.25) is 0 Å². The third-order valence-electron chi connectivity index (χ3n) is 2.53. The number of pyridine rings is 1. The quantitative estimate of drug-likeness (QED) is 0.686. The molecule has 0 radical (unpaired) electrons. The number of rotatable bonds is 4. The van der Waals surface area contributed by atoms with Crippen molar-refractivity contribution in [3.63, 3.8) is 0 Å². The van der Waals surface area contributed by atoms with Crippen LogP contribution in [0, 0.1) is 0 Å². The Morgan fingerprint density at radius 1 is 1.30 bits per heavy atom.